The van der Waals surface area contributed by atoms with E-state index in [1.807, 2.05) is 0 Å². The highest BCUT2D eigenvalue weighted by Crippen LogP contribution is 2.58. The maximum Gasteiger partial charge on any atom is 0.314 e. The average Bonchev–Trinajstić information content (AvgIpc) is 3.41. The van der Waals surface area contributed by atoms with Gasteiger partial charge in [0.05, 0.1) is 28.6 Å². The fourth-order valence-corrected chi connectivity index (χ4v) is 8.88. The van der Waals surface area contributed by atoms with Crippen LogP contribution in [0.5, 0.6) is 5.75 Å². The van der Waals surface area contributed by atoms with Crippen molar-refractivity contribution in [2.45, 2.75) is 61.5 Å². The molecule has 4 aliphatic carbocycles. The number of nitro groups is 1. The second-order valence-corrected chi connectivity index (χ2v) is 13.1. The number of hydrogen-bond acceptors (Lipinski definition) is 12. The highest BCUT2D eigenvalue weighted by molar-refractivity contribution is 7.99. The molecule has 0 spiro atoms. The number of aromatic hydroxyl groups is 1. The lowest BCUT2D eigenvalue weighted by Crippen LogP contribution is -2.70. The second-order valence-electron chi connectivity index (χ2n) is 11.7. The number of nitrogens with zero attached hydrogens (tertiary/aromatic N) is 2. The molecule has 0 bridgehead atoms. The number of thioether (sulfide) groups is 1. The van der Waals surface area contributed by atoms with Crippen molar-refractivity contribution in [3.63, 3.8) is 0 Å². The summed E-state index contributed by atoms with van der Waals surface area (Å²) >= 11 is 1.58. The van der Waals surface area contributed by atoms with Crippen molar-refractivity contribution in [3.8, 4) is 5.75 Å². The molecule has 42 heavy (non-hydrogen) atoms. The molecule has 4 aliphatic rings. The number of rotatable bonds is 6. The van der Waals surface area contributed by atoms with Crippen LogP contribution in [0, 0.1) is 28.9 Å². The van der Waals surface area contributed by atoms with Crippen LogP contribution in [0.3, 0.4) is 0 Å². The van der Waals surface area contributed by atoms with Crippen LogP contribution in [0.1, 0.15) is 48.3 Å². The fraction of sp³-hybridized carbons (Fsp3) is 0.536. The number of phenols is 1. The first-order valence-corrected chi connectivity index (χ1v) is 14.7. The zero-order valence-electron chi connectivity index (χ0n) is 23.2. The number of Topliss-reactive ketones (excluding diaryl/α,β-unsaturated/α-hetero) is 2. The highest BCUT2D eigenvalue weighted by Gasteiger charge is 2.68. The molecule has 1 aromatic rings. The zero-order chi connectivity index (χ0) is 31.0. The van der Waals surface area contributed by atoms with Crippen LogP contribution in [0.25, 0.3) is 5.76 Å². The lowest BCUT2D eigenvalue weighted by Gasteiger charge is -2.54. The largest absolute Gasteiger partial charge is 0.508 e. The number of aliphatic hydroxyl groups is 4. The molecule has 14 heteroatoms. The summed E-state index contributed by atoms with van der Waals surface area (Å²) in [5, 5.41) is 69.5. The van der Waals surface area contributed by atoms with E-state index < -0.39 is 92.0 Å². The van der Waals surface area contributed by atoms with Gasteiger partial charge in [-0.2, -0.15) is 11.8 Å². The molecule has 0 aromatic heterocycles. The smallest absolute Gasteiger partial charge is 0.314 e. The Balaban J connectivity index is 1.80. The summed E-state index contributed by atoms with van der Waals surface area (Å²) in [6, 6.07) is -0.0247. The Hall–Kier alpha value is -3.46. The summed E-state index contributed by atoms with van der Waals surface area (Å²) < 4.78 is 0. The van der Waals surface area contributed by atoms with Crippen LogP contribution < -0.4 is 5.73 Å². The van der Waals surface area contributed by atoms with Gasteiger partial charge >= 0.3 is 5.69 Å². The first-order valence-electron chi connectivity index (χ1n) is 13.6. The molecule has 0 heterocycles. The number of hydrogen-bond donors (Lipinski definition) is 6. The minimum atomic E-state index is -3.06. The number of aliphatic hydroxyl groups excluding tert-OH is 3. The van der Waals surface area contributed by atoms with Crippen LogP contribution in [0.2, 0.25) is 0 Å². The Morgan fingerprint density at radius 3 is 2.38 bits per heavy atom. The predicted octanol–water partition coefficient (Wildman–Crippen LogP) is 1.37. The number of amides is 1. The van der Waals surface area contributed by atoms with Gasteiger partial charge in [-0.1, -0.05) is 12.8 Å². The van der Waals surface area contributed by atoms with E-state index in [2.05, 4.69) is 0 Å². The quantitative estimate of drug-likeness (QED) is 0.154. The number of phenolic OH excluding ortho intramolecular Hbond substituents is 1. The molecule has 0 saturated heterocycles. The fourth-order valence-electron chi connectivity index (χ4n) is 7.35. The van der Waals surface area contributed by atoms with Gasteiger partial charge in [-0.25, -0.2) is 0 Å². The van der Waals surface area contributed by atoms with Gasteiger partial charge in [-0.3, -0.25) is 29.4 Å². The number of carbonyl (C=O) groups is 3. The average molecular weight is 604 g/mol. The topological polar surface area (TPSA) is 225 Å². The number of fused-ring (bicyclic) bond motifs is 3. The van der Waals surface area contributed by atoms with E-state index in [4.69, 9.17) is 5.73 Å². The van der Waals surface area contributed by atoms with Gasteiger partial charge in [0, 0.05) is 34.0 Å². The number of nitro benzene ring substituents is 1. The lowest BCUT2D eigenvalue weighted by molar-refractivity contribution is -0.386. The molecule has 5 rings (SSSR count). The van der Waals surface area contributed by atoms with Crippen molar-refractivity contribution < 1.29 is 44.8 Å². The molecule has 13 nitrogen and oxygen atoms in total. The molecule has 0 unspecified atom stereocenters. The summed E-state index contributed by atoms with van der Waals surface area (Å²) in [5.74, 6) is -10.2. The Bertz CT molecular complexity index is 1480. The Morgan fingerprint density at radius 2 is 1.83 bits per heavy atom. The summed E-state index contributed by atoms with van der Waals surface area (Å²) in [5.41, 5.74) is 0.0215. The van der Waals surface area contributed by atoms with Gasteiger partial charge in [0.2, 0.25) is 11.5 Å². The van der Waals surface area contributed by atoms with Crippen molar-refractivity contribution in [3.05, 3.63) is 49.8 Å². The van der Waals surface area contributed by atoms with Crippen molar-refractivity contribution in [2.75, 3.05) is 19.8 Å². The van der Waals surface area contributed by atoms with Crippen molar-refractivity contribution in [1.29, 1.82) is 0 Å². The van der Waals surface area contributed by atoms with Crippen LogP contribution in [-0.2, 0) is 14.4 Å². The van der Waals surface area contributed by atoms with E-state index in [9.17, 15) is 50.0 Å². The van der Waals surface area contributed by atoms with Gasteiger partial charge in [0.15, 0.2) is 11.4 Å². The molecule has 1 amide bonds. The summed E-state index contributed by atoms with van der Waals surface area (Å²) in [4.78, 5) is 52.2. The van der Waals surface area contributed by atoms with Gasteiger partial charge in [-0.15, -0.1) is 0 Å². The molecule has 1 aromatic carbocycles. The number of primary amides is 1. The monoisotopic (exact) mass is 603 g/mol. The third-order valence-electron chi connectivity index (χ3n) is 9.21. The number of ketones is 2. The van der Waals surface area contributed by atoms with Crippen LogP contribution in [0.15, 0.2) is 23.0 Å². The van der Waals surface area contributed by atoms with E-state index >= 15 is 0 Å². The van der Waals surface area contributed by atoms with Crippen molar-refractivity contribution in [2.24, 2.45) is 17.6 Å². The van der Waals surface area contributed by atoms with E-state index in [1.54, 1.807) is 11.8 Å². The van der Waals surface area contributed by atoms with Gasteiger partial charge in [0.1, 0.15) is 17.1 Å². The SMILES string of the molecule is Cc1cc2c(c(O)c1[N+](=O)[O-])C(O)=C1C(=O)[C@@]3(O)C(O)=C(C(N)=O)C(=O)[C@H](N(C)C)[C@H]3[C@H](O)[C@H]1[C@@H]2CSC1CCCC1. The first kappa shape index (κ1) is 30.0. The Labute approximate surface area is 244 Å². The maximum absolute atomic E-state index is 14.3. The van der Waals surface area contributed by atoms with E-state index in [0.29, 0.717) is 0 Å². The minimum Gasteiger partial charge on any atom is -0.508 e. The van der Waals surface area contributed by atoms with Crippen molar-refractivity contribution >= 4 is 40.7 Å². The van der Waals surface area contributed by atoms with Crippen LogP contribution in [0.4, 0.5) is 5.69 Å². The maximum atomic E-state index is 14.3. The molecule has 226 valence electrons. The minimum absolute atomic E-state index is 0.0992. The number of nitrogens with two attached hydrogens (primary N) is 1. The molecule has 6 atom stereocenters. The van der Waals surface area contributed by atoms with Gasteiger partial charge in [0.25, 0.3) is 5.91 Å². The molecule has 7 N–H and O–H groups in total. The normalized spacial score (nSPS) is 31.3. The van der Waals surface area contributed by atoms with E-state index in [0.717, 1.165) is 25.7 Å². The number of aryl methyl sites for hydroxylation is 1. The predicted molar refractivity (Wildman–Crippen MR) is 151 cm³/mol. The molecule has 0 radical (unpaired) electrons. The van der Waals surface area contributed by atoms with Crippen LogP contribution in [-0.4, -0.2) is 95.7 Å². The van der Waals surface area contributed by atoms with E-state index in [1.165, 1.54) is 32.0 Å². The molecular formula is C28H33N3O10S. The lowest BCUT2D eigenvalue weighted by atomic mass is 9.54. The van der Waals surface area contributed by atoms with Crippen LogP contribution >= 0.6 is 11.8 Å². The summed E-state index contributed by atoms with van der Waals surface area (Å²) in [6.45, 7) is 1.42. The Kier molecular flexibility index (Phi) is 7.41. The van der Waals surface area contributed by atoms with Gasteiger partial charge < -0.3 is 31.3 Å². The third kappa shape index (κ3) is 4.07. The molecular weight excluding hydrogens is 570 g/mol. The first-order chi connectivity index (χ1) is 19.7. The summed E-state index contributed by atoms with van der Waals surface area (Å²) in [6.07, 6.45) is 2.23. The van der Waals surface area contributed by atoms with E-state index in [-0.39, 0.29) is 27.7 Å². The standard InChI is InChI=1S/C28H33N3O10S/c1-10-8-12-13(9-42-11-6-4-5-7-11)14-16(21(32)15(12)23(34)19(10)31(40)41)25(36)28(39)18(22(14)33)20(30(2)3)24(35)17(26(28)37)27(29)38/h8,11,13-14,18,20,22,32-34,37,39H,4-7,9H2,1-3H3,(H2,29,38)/t13-,14+,18+,20-,22-,28-/m1/s1. The number of likely N-dealkylation sites (N-methyl/N-ethyl adjacent to an activating group) is 1. The second kappa shape index (κ2) is 10.4. The van der Waals surface area contributed by atoms with Gasteiger partial charge in [-0.05, 0) is 45.5 Å². The zero-order valence-corrected chi connectivity index (χ0v) is 24.1. The third-order valence-corrected chi connectivity index (χ3v) is 10.7. The molecule has 0 aliphatic heterocycles. The molecule has 2 fully saturated rings. The highest BCUT2D eigenvalue weighted by atomic mass is 32.2. The summed E-state index contributed by atoms with van der Waals surface area (Å²) in [7, 11) is 2.88. The van der Waals surface area contributed by atoms with Crippen molar-refractivity contribution in [1.82, 2.24) is 4.90 Å². The number of benzene rings is 1. The Morgan fingerprint density at radius 1 is 1.21 bits per heavy atom. The number of carbonyl (C=O) groups excluding carboxylic acids is 3. The molecule has 2 saturated carbocycles.